The lowest BCUT2D eigenvalue weighted by Crippen LogP contribution is -2.50. The zero-order valence-electron chi connectivity index (χ0n) is 12.3. The summed E-state index contributed by atoms with van der Waals surface area (Å²) >= 11 is 0. The number of hydrogen-bond acceptors (Lipinski definition) is 3. The van der Waals surface area contributed by atoms with Crippen LogP contribution >= 0.6 is 0 Å². The van der Waals surface area contributed by atoms with Crippen LogP contribution in [0.5, 0.6) is 0 Å². The van der Waals surface area contributed by atoms with Crippen molar-refractivity contribution in [3.05, 3.63) is 0 Å². The Morgan fingerprint density at radius 1 is 1.22 bits per heavy atom. The summed E-state index contributed by atoms with van der Waals surface area (Å²) in [7, 11) is 3.37. The summed E-state index contributed by atoms with van der Waals surface area (Å²) in [6.45, 7) is 6.63. The minimum absolute atomic E-state index is 0.0758. The Bertz CT molecular complexity index is 279. The molecule has 0 aliphatic rings. The second kappa shape index (κ2) is 8.08. The molecule has 0 spiro atoms. The number of carbonyl (C=O) groups is 2. The van der Waals surface area contributed by atoms with Gasteiger partial charge in [0.1, 0.15) is 0 Å². The standard InChI is InChI=1S/C13H27N3O2/c1-6-8-16(9-11(17)15(4)5)13(18)12(14)10(3)7-2/h10,12H,6-9,14H2,1-5H3/t10?,12-/m0/s1. The first-order valence-electron chi connectivity index (χ1n) is 6.59. The molecule has 0 bridgehead atoms. The molecule has 106 valence electrons. The highest BCUT2D eigenvalue weighted by Crippen LogP contribution is 2.09. The summed E-state index contributed by atoms with van der Waals surface area (Å²) < 4.78 is 0. The van der Waals surface area contributed by atoms with Crippen LogP contribution in [0, 0.1) is 5.92 Å². The van der Waals surface area contributed by atoms with Gasteiger partial charge >= 0.3 is 0 Å². The predicted octanol–water partition coefficient (Wildman–Crippen LogP) is 0.687. The van der Waals surface area contributed by atoms with Gasteiger partial charge in [-0.15, -0.1) is 0 Å². The molecule has 0 aromatic carbocycles. The van der Waals surface area contributed by atoms with Crippen molar-refractivity contribution in [3.8, 4) is 0 Å². The van der Waals surface area contributed by atoms with Crippen LogP contribution in [0.3, 0.4) is 0 Å². The summed E-state index contributed by atoms with van der Waals surface area (Å²) in [5.41, 5.74) is 5.94. The minimum Gasteiger partial charge on any atom is -0.347 e. The molecule has 0 rings (SSSR count). The van der Waals surface area contributed by atoms with Crippen LogP contribution in [-0.4, -0.2) is 54.8 Å². The minimum atomic E-state index is -0.517. The molecule has 0 aliphatic carbocycles. The third kappa shape index (κ3) is 5.04. The molecule has 0 saturated carbocycles. The summed E-state index contributed by atoms with van der Waals surface area (Å²) in [6.07, 6.45) is 1.67. The average Bonchev–Trinajstić information content (AvgIpc) is 2.35. The number of hydrogen-bond donors (Lipinski definition) is 1. The first-order valence-corrected chi connectivity index (χ1v) is 6.59. The zero-order valence-corrected chi connectivity index (χ0v) is 12.3. The molecule has 2 amide bonds. The molecule has 2 atom stereocenters. The van der Waals surface area contributed by atoms with Gasteiger partial charge in [0.2, 0.25) is 11.8 Å². The van der Waals surface area contributed by atoms with Crippen molar-refractivity contribution in [2.24, 2.45) is 11.7 Å². The molecule has 0 aromatic heterocycles. The number of nitrogens with zero attached hydrogens (tertiary/aromatic N) is 2. The van der Waals surface area contributed by atoms with Gasteiger partial charge in [0.05, 0.1) is 12.6 Å². The van der Waals surface area contributed by atoms with E-state index < -0.39 is 6.04 Å². The molecular weight excluding hydrogens is 230 g/mol. The lowest BCUT2D eigenvalue weighted by atomic mass is 9.99. The van der Waals surface area contributed by atoms with Gasteiger partial charge in [0, 0.05) is 20.6 Å². The second-order valence-corrected chi connectivity index (χ2v) is 4.96. The van der Waals surface area contributed by atoms with Crippen molar-refractivity contribution in [3.63, 3.8) is 0 Å². The first-order chi connectivity index (χ1) is 8.34. The van der Waals surface area contributed by atoms with Crippen LogP contribution in [0.1, 0.15) is 33.6 Å². The van der Waals surface area contributed by atoms with E-state index >= 15 is 0 Å². The highest BCUT2D eigenvalue weighted by Gasteiger charge is 2.26. The molecule has 5 nitrogen and oxygen atoms in total. The van der Waals surface area contributed by atoms with E-state index in [2.05, 4.69) is 0 Å². The van der Waals surface area contributed by atoms with E-state index in [-0.39, 0.29) is 24.3 Å². The highest BCUT2D eigenvalue weighted by atomic mass is 16.2. The number of nitrogens with two attached hydrogens (primary N) is 1. The van der Waals surface area contributed by atoms with Crippen molar-refractivity contribution in [1.82, 2.24) is 9.80 Å². The zero-order chi connectivity index (χ0) is 14.3. The maximum Gasteiger partial charge on any atom is 0.241 e. The van der Waals surface area contributed by atoms with Gasteiger partial charge in [-0.05, 0) is 12.3 Å². The van der Waals surface area contributed by atoms with Crippen LogP contribution in [0.15, 0.2) is 0 Å². The lowest BCUT2D eigenvalue weighted by Gasteiger charge is -2.28. The topological polar surface area (TPSA) is 66.6 Å². The maximum atomic E-state index is 12.2. The maximum absolute atomic E-state index is 12.2. The van der Waals surface area contributed by atoms with Gasteiger partial charge in [0.15, 0.2) is 0 Å². The summed E-state index contributed by atoms with van der Waals surface area (Å²) in [5, 5.41) is 0. The van der Waals surface area contributed by atoms with Crippen LogP contribution < -0.4 is 5.73 Å². The van der Waals surface area contributed by atoms with Gasteiger partial charge in [-0.1, -0.05) is 27.2 Å². The third-order valence-corrected chi connectivity index (χ3v) is 3.17. The van der Waals surface area contributed by atoms with Crippen molar-refractivity contribution < 1.29 is 9.59 Å². The number of carbonyl (C=O) groups excluding carboxylic acids is 2. The number of amides is 2. The monoisotopic (exact) mass is 257 g/mol. The molecular formula is C13H27N3O2. The van der Waals surface area contributed by atoms with Gasteiger partial charge < -0.3 is 15.5 Å². The van der Waals surface area contributed by atoms with Crippen LogP contribution in [-0.2, 0) is 9.59 Å². The Morgan fingerprint density at radius 3 is 2.17 bits per heavy atom. The number of rotatable bonds is 7. The fraction of sp³-hybridized carbons (Fsp3) is 0.846. The van der Waals surface area contributed by atoms with E-state index in [1.165, 1.54) is 4.90 Å². The Labute approximate surface area is 110 Å². The van der Waals surface area contributed by atoms with Crippen molar-refractivity contribution in [2.75, 3.05) is 27.2 Å². The molecule has 2 N–H and O–H groups in total. The van der Waals surface area contributed by atoms with E-state index in [0.29, 0.717) is 6.54 Å². The Morgan fingerprint density at radius 2 is 1.78 bits per heavy atom. The van der Waals surface area contributed by atoms with Crippen LogP contribution in [0.4, 0.5) is 0 Å². The van der Waals surface area contributed by atoms with Crippen LogP contribution in [0.2, 0.25) is 0 Å². The van der Waals surface area contributed by atoms with E-state index in [9.17, 15) is 9.59 Å². The summed E-state index contributed by atoms with van der Waals surface area (Å²) in [4.78, 5) is 27.0. The summed E-state index contributed by atoms with van der Waals surface area (Å²) in [6, 6.07) is -0.517. The molecule has 18 heavy (non-hydrogen) atoms. The SMILES string of the molecule is CCCN(CC(=O)N(C)C)C(=O)[C@@H](N)C(C)CC. The van der Waals surface area contributed by atoms with Gasteiger partial charge in [-0.25, -0.2) is 0 Å². The Hall–Kier alpha value is -1.10. The van der Waals surface area contributed by atoms with Crippen molar-refractivity contribution in [1.29, 1.82) is 0 Å². The first kappa shape index (κ1) is 16.9. The lowest BCUT2D eigenvalue weighted by molar-refractivity contribution is -0.140. The Kier molecular flexibility index (Phi) is 7.59. The van der Waals surface area contributed by atoms with Gasteiger partial charge in [0.25, 0.3) is 0 Å². The molecule has 0 heterocycles. The van der Waals surface area contributed by atoms with Crippen LogP contribution in [0.25, 0.3) is 0 Å². The van der Waals surface area contributed by atoms with E-state index in [0.717, 1.165) is 12.8 Å². The molecule has 0 aliphatic heterocycles. The fourth-order valence-electron chi connectivity index (χ4n) is 1.55. The Balaban J connectivity index is 4.68. The molecule has 5 heteroatoms. The molecule has 0 aromatic rings. The van der Waals surface area contributed by atoms with Crippen molar-refractivity contribution in [2.45, 2.75) is 39.7 Å². The molecule has 0 saturated heterocycles. The van der Waals surface area contributed by atoms with Gasteiger partial charge in [-0.2, -0.15) is 0 Å². The predicted molar refractivity (Wildman–Crippen MR) is 73.0 cm³/mol. The smallest absolute Gasteiger partial charge is 0.241 e. The van der Waals surface area contributed by atoms with E-state index in [1.807, 2.05) is 20.8 Å². The van der Waals surface area contributed by atoms with Crippen molar-refractivity contribution >= 4 is 11.8 Å². The highest BCUT2D eigenvalue weighted by molar-refractivity contribution is 5.87. The van der Waals surface area contributed by atoms with Gasteiger partial charge in [-0.3, -0.25) is 9.59 Å². The largest absolute Gasteiger partial charge is 0.347 e. The molecule has 0 radical (unpaired) electrons. The molecule has 1 unspecified atom stereocenters. The van der Waals surface area contributed by atoms with E-state index in [1.54, 1.807) is 19.0 Å². The summed E-state index contributed by atoms with van der Waals surface area (Å²) in [5.74, 6) is -0.0686. The third-order valence-electron chi connectivity index (χ3n) is 3.17. The normalized spacial score (nSPS) is 13.9. The quantitative estimate of drug-likeness (QED) is 0.729. The molecule has 0 fully saturated rings. The average molecular weight is 257 g/mol. The second-order valence-electron chi connectivity index (χ2n) is 4.96. The number of likely N-dealkylation sites (N-methyl/N-ethyl adjacent to an activating group) is 1. The van der Waals surface area contributed by atoms with E-state index in [4.69, 9.17) is 5.73 Å². The fourth-order valence-corrected chi connectivity index (χ4v) is 1.55.